The number of nitrogens with two attached hydrogens (primary N) is 2. The van der Waals surface area contributed by atoms with E-state index in [1.807, 2.05) is 0 Å². The molecule has 0 saturated heterocycles. The zero-order valence-corrected chi connectivity index (χ0v) is 10.8. The maximum Gasteiger partial charge on any atom is 0.425 e. The van der Waals surface area contributed by atoms with Crippen LogP contribution in [0.4, 0.5) is 13.2 Å². The third-order valence-electron chi connectivity index (χ3n) is 2.80. The largest absolute Gasteiger partial charge is 0.425 e. The summed E-state index contributed by atoms with van der Waals surface area (Å²) in [5.41, 5.74) is 13.4. The van der Waals surface area contributed by atoms with Crippen LogP contribution in [-0.2, 0) is 6.18 Å². The van der Waals surface area contributed by atoms with Crippen molar-refractivity contribution < 1.29 is 13.2 Å². The van der Waals surface area contributed by atoms with E-state index in [9.17, 15) is 13.2 Å². The fraction of sp³-hybridized carbons (Fsp3) is 0.231. The summed E-state index contributed by atoms with van der Waals surface area (Å²) in [7, 11) is 0. The number of hydrogen-bond donors (Lipinski definition) is 2. The van der Waals surface area contributed by atoms with Gasteiger partial charge < -0.3 is 11.5 Å². The quantitative estimate of drug-likeness (QED) is 0.908. The number of benzene rings is 1. The molecular formula is C13H13F3N2S. The molecule has 1 heterocycles. The van der Waals surface area contributed by atoms with Crippen LogP contribution in [0.15, 0.2) is 35.7 Å². The lowest BCUT2D eigenvalue weighted by Gasteiger charge is -2.09. The van der Waals surface area contributed by atoms with Crippen molar-refractivity contribution in [2.45, 2.75) is 12.2 Å². The van der Waals surface area contributed by atoms with Crippen LogP contribution in [0.2, 0.25) is 0 Å². The van der Waals surface area contributed by atoms with Gasteiger partial charge in [0.25, 0.3) is 0 Å². The molecule has 1 unspecified atom stereocenters. The molecule has 0 aliphatic heterocycles. The van der Waals surface area contributed by atoms with E-state index in [0.29, 0.717) is 23.4 Å². The minimum absolute atomic E-state index is 0.248. The standard InChI is InChI=1S/C13H13F3N2S/c14-13(15,16)12-5-10(7-19-12)8-1-3-9(4-2-8)11(18)6-17/h1-5,7,11H,6,17-18H2. The van der Waals surface area contributed by atoms with Gasteiger partial charge in [-0.2, -0.15) is 13.2 Å². The third kappa shape index (κ3) is 3.15. The molecule has 1 atom stereocenters. The SMILES string of the molecule is NCC(N)c1ccc(-c2csc(C(F)(F)F)c2)cc1. The first-order valence-corrected chi connectivity index (χ1v) is 6.51. The normalized spacial score (nSPS) is 13.5. The first-order valence-electron chi connectivity index (χ1n) is 5.63. The highest BCUT2D eigenvalue weighted by molar-refractivity contribution is 7.10. The topological polar surface area (TPSA) is 52.0 Å². The van der Waals surface area contributed by atoms with Crippen LogP contribution < -0.4 is 11.5 Å². The van der Waals surface area contributed by atoms with Crippen molar-refractivity contribution in [3.05, 3.63) is 46.2 Å². The lowest BCUT2D eigenvalue weighted by Crippen LogP contribution is -2.20. The van der Waals surface area contributed by atoms with Gasteiger partial charge >= 0.3 is 6.18 Å². The lowest BCUT2D eigenvalue weighted by molar-refractivity contribution is -0.134. The average molecular weight is 286 g/mol. The molecule has 102 valence electrons. The Morgan fingerprint density at radius 3 is 2.21 bits per heavy atom. The van der Waals surface area contributed by atoms with E-state index in [1.165, 1.54) is 5.38 Å². The van der Waals surface area contributed by atoms with Crippen molar-refractivity contribution >= 4 is 11.3 Å². The molecule has 6 heteroatoms. The number of alkyl halides is 3. The second-order valence-electron chi connectivity index (χ2n) is 4.16. The first kappa shape index (κ1) is 14.0. The maximum atomic E-state index is 12.5. The Labute approximate surface area is 112 Å². The van der Waals surface area contributed by atoms with Gasteiger partial charge in [-0.3, -0.25) is 0 Å². The smallest absolute Gasteiger partial charge is 0.329 e. The molecule has 0 aliphatic carbocycles. The summed E-state index contributed by atoms with van der Waals surface area (Å²) < 4.78 is 37.5. The summed E-state index contributed by atoms with van der Waals surface area (Å²) in [6.45, 7) is 0.329. The van der Waals surface area contributed by atoms with Gasteiger partial charge in [0.05, 0.1) is 0 Å². The Morgan fingerprint density at radius 2 is 1.74 bits per heavy atom. The van der Waals surface area contributed by atoms with Crippen LogP contribution >= 0.6 is 11.3 Å². The molecular weight excluding hydrogens is 273 g/mol. The van der Waals surface area contributed by atoms with E-state index in [2.05, 4.69) is 0 Å². The summed E-state index contributed by atoms with van der Waals surface area (Å²) in [4.78, 5) is -0.592. The zero-order chi connectivity index (χ0) is 14.0. The van der Waals surface area contributed by atoms with E-state index < -0.39 is 11.1 Å². The van der Waals surface area contributed by atoms with Crippen LogP contribution in [0.5, 0.6) is 0 Å². The van der Waals surface area contributed by atoms with Crippen LogP contribution in [0, 0.1) is 0 Å². The number of hydrogen-bond acceptors (Lipinski definition) is 3. The minimum atomic E-state index is -4.29. The van der Waals surface area contributed by atoms with Gasteiger partial charge in [0.1, 0.15) is 4.88 Å². The van der Waals surface area contributed by atoms with Gasteiger partial charge in [0, 0.05) is 12.6 Å². The highest BCUT2D eigenvalue weighted by atomic mass is 32.1. The van der Waals surface area contributed by atoms with Crippen molar-refractivity contribution in [2.24, 2.45) is 11.5 Å². The van der Waals surface area contributed by atoms with Crippen molar-refractivity contribution in [1.29, 1.82) is 0 Å². The molecule has 0 spiro atoms. The molecule has 0 fully saturated rings. The number of halogens is 3. The van der Waals surface area contributed by atoms with Gasteiger partial charge in [-0.05, 0) is 28.1 Å². The summed E-state index contributed by atoms with van der Waals surface area (Å²) in [6.07, 6.45) is -4.29. The number of rotatable bonds is 3. The Hall–Kier alpha value is -1.37. The van der Waals surface area contributed by atoms with Crippen molar-refractivity contribution in [3.63, 3.8) is 0 Å². The summed E-state index contributed by atoms with van der Waals surface area (Å²) in [6, 6.07) is 8.00. The molecule has 0 amide bonds. The van der Waals surface area contributed by atoms with Crippen molar-refractivity contribution in [2.75, 3.05) is 6.54 Å². The van der Waals surface area contributed by atoms with E-state index in [0.717, 1.165) is 17.2 Å². The molecule has 0 saturated carbocycles. The van der Waals surface area contributed by atoms with Crippen LogP contribution in [-0.4, -0.2) is 6.54 Å². The minimum Gasteiger partial charge on any atom is -0.329 e. The maximum absolute atomic E-state index is 12.5. The van der Waals surface area contributed by atoms with E-state index >= 15 is 0 Å². The van der Waals surface area contributed by atoms with E-state index in [-0.39, 0.29) is 6.04 Å². The first-order chi connectivity index (χ1) is 8.91. The van der Waals surface area contributed by atoms with Gasteiger partial charge in [-0.1, -0.05) is 24.3 Å². The predicted molar refractivity (Wildman–Crippen MR) is 70.7 cm³/mol. The highest BCUT2D eigenvalue weighted by Gasteiger charge is 2.32. The number of thiophene rings is 1. The summed E-state index contributed by atoms with van der Waals surface area (Å²) in [5.74, 6) is 0. The fourth-order valence-electron chi connectivity index (χ4n) is 1.70. The molecule has 0 bridgehead atoms. The van der Waals surface area contributed by atoms with E-state index in [4.69, 9.17) is 11.5 Å². The molecule has 4 N–H and O–H groups in total. The molecule has 2 rings (SSSR count). The van der Waals surface area contributed by atoms with Gasteiger partial charge in [-0.15, -0.1) is 11.3 Å². The predicted octanol–water partition coefficient (Wildman–Crippen LogP) is 3.39. The molecule has 19 heavy (non-hydrogen) atoms. The Balaban J connectivity index is 2.25. The molecule has 0 aliphatic rings. The second kappa shape index (κ2) is 5.32. The molecule has 0 radical (unpaired) electrons. The summed E-state index contributed by atoms with van der Waals surface area (Å²) in [5, 5.41) is 1.50. The Bertz CT molecular complexity index is 546. The molecule has 2 nitrogen and oxygen atoms in total. The zero-order valence-electron chi connectivity index (χ0n) is 9.95. The monoisotopic (exact) mass is 286 g/mol. The Morgan fingerprint density at radius 1 is 1.11 bits per heavy atom. The van der Waals surface area contributed by atoms with Gasteiger partial charge in [0.2, 0.25) is 0 Å². The van der Waals surface area contributed by atoms with Crippen LogP contribution in [0.1, 0.15) is 16.5 Å². The molecule has 1 aromatic heterocycles. The fourth-order valence-corrected chi connectivity index (χ4v) is 2.48. The Kier molecular flexibility index (Phi) is 3.93. The average Bonchev–Trinajstić information content (AvgIpc) is 2.87. The van der Waals surface area contributed by atoms with Crippen molar-refractivity contribution in [3.8, 4) is 11.1 Å². The van der Waals surface area contributed by atoms with E-state index in [1.54, 1.807) is 24.3 Å². The lowest BCUT2D eigenvalue weighted by atomic mass is 10.0. The van der Waals surface area contributed by atoms with Gasteiger partial charge in [-0.25, -0.2) is 0 Å². The van der Waals surface area contributed by atoms with Gasteiger partial charge in [0.15, 0.2) is 0 Å². The molecule has 1 aromatic carbocycles. The second-order valence-corrected chi connectivity index (χ2v) is 5.07. The molecule has 2 aromatic rings. The van der Waals surface area contributed by atoms with Crippen LogP contribution in [0.25, 0.3) is 11.1 Å². The highest BCUT2D eigenvalue weighted by Crippen LogP contribution is 2.37. The van der Waals surface area contributed by atoms with Crippen LogP contribution in [0.3, 0.4) is 0 Å². The third-order valence-corrected chi connectivity index (χ3v) is 3.78. The van der Waals surface area contributed by atoms with Crippen molar-refractivity contribution in [1.82, 2.24) is 0 Å². The summed E-state index contributed by atoms with van der Waals surface area (Å²) >= 11 is 0.697.